The van der Waals surface area contributed by atoms with Gasteiger partial charge in [0.1, 0.15) is 11.6 Å². The Kier molecular flexibility index (Phi) is 4.86. The van der Waals surface area contributed by atoms with Crippen molar-refractivity contribution in [3.05, 3.63) is 35.0 Å². The maximum Gasteiger partial charge on any atom is 0.224 e. The highest BCUT2D eigenvalue weighted by Gasteiger charge is 2.16. The lowest BCUT2D eigenvalue weighted by molar-refractivity contribution is 0.416. The highest BCUT2D eigenvalue weighted by molar-refractivity contribution is 6.31. The predicted octanol–water partition coefficient (Wildman–Crippen LogP) is 4.55. The fourth-order valence-corrected chi connectivity index (χ4v) is 2.97. The van der Waals surface area contributed by atoms with Gasteiger partial charge in [0, 0.05) is 23.3 Å². The maximum atomic E-state index is 6.14. The van der Waals surface area contributed by atoms with E-state index in [1.54, 1.807) is 19.4 Å². The van der Waals surface area contributed by atoms with E-state index in [2.05, 4.69) is 20.6 Å². The van der Waals surface area contributed by atoms with Crippen molar-refractivity contribution < 1.29 is 4.74 Å². The van der Waals surface area contributed by atoms with Gasteiger partial charge in [0.05, 0.1) is 12.8 Å². The molecule has 0 atom stereocenters. The van der Waals surface area contributed by atoms with Crippen molar-refractivity contribution in [1.29, 1.82) is 0 Å². The SMILES string of the molecule is COc1cc(Cl)c(C)cc1Nc1ccnc(NC2CCCC2)n1. The van der Waals surface area contributed by atoms with Crippen LogP contribution >= 0.6 is 11.6 Å². The Morgan fingerprint density at radius 1 is 1.26 bits per heavy atom. The molecule has 2 N–H and O–H groups in total. The number of halogens is 1. The lowest BCUT2D eigenvalue weighted by Gasteiger charge is -2.15. The van der Waals surface area contributed by atoms with Crippen LogP contribution in [0.4, 0.5) is 17.5 Å². The van der Waals surface area contributed by atoms with Crippen LogP contribution in [-0.2, 0) is 0 Å². The van der Waals surface area contributed by atoms with Gasteiger partial charge < -0.3 is 15.4 Å². The van der Waals surface area contributed by atoms with Crippen LogP contribution in [0.2, 0.25) is 5.02 Å². The van der Waals surface area contributed by atoms with Gasteiger partial charge in [0.15, 0.2) is 0 Å². The minimum Gasteiger partial charge on any atom is -0.495 e. The third kappa shape index (κ3) is 3.85. The van der Waals surface area contributed by atoms with Crippen LogP contribution in [0.1, 0.15) is 31.2 Å². The highest BCUT2D eigenvalue weighted by atomic mass is 35.5. The average Bonchev–Trinajstić information content (AvgIpc) is 3.04. The molecule has 1 aromatic heterocycles. The molecule has 6 heteroatoms. The lowest BCUT2D eigenvalue weighted by Crippen LogP contribution is -2.16. The molecule has 1 fully saturated rings. The predicted molar refractivity (Wildman–Crippen MR) is 93.9 cm³/mol. The molecule has 0 unspecified atom stereocenters. The van der Waals surface area contributed by atoms with Gasteiger partial charge >= 0.3 is 0 Å². The largest absolute Gasteiger partial charge is 0.495 e. The number of aryl methyl sites for hydroxylation is 1. The minimum absolute atomic E-state index is 0.484. The van der Waals surface area contributed by atoms with E-state index in [4.69, 9.17) is 16.3 Å². The van der Waals surface area contributed by atoms with Gasteiger partial charge in [-0.2, -0.15) is 4.98 Å². The zero-order chi connectivity index (χ0) is 16.2. The van der Waals surface area contributed by atoms with E-state index < -0.39 is 0 Å². The number of benzene rings is 1. The normalized spacial score (nSPS) is 14.7. The number of hydrogen-bond acceptors (Lipinski definition) is 5. The molecule has 3 rings (SSSR count). The first kappa shape index (κ1) is 15.9. The van der Waals surface area contributed by atoms with Crippen molar-refractivity contribution >= 4 is 29.1 Å². The summed E-state index contributed by atoms with van der Waals surface area (Å²) in [4.78, 5) is 8.84. The quantitative estimate of drug-likeness (QED) is 0.841. The van der Waals surface area contributed by atoms with E-state index in [9.17, 15) is 0 Å². The summed E-state index contributed by atoms with van der Waals surface area (Å²) in [6.45, 7) is 1.96. The number of rotatable bonds is 5. The number of nitrogens with one attached hydrogen (secondary N) is 2. The molecule has 1 aliphatic rings. The second kappa shape index (κ2) is 7.04. The second-order valence-corrected chi connectivity index (χ2v) is 6.23. The van der Waals surface area contributed by atoms with E-state index in [0.717, 1.165) is 17.1 Å². The summed E-state index contributed by atoms with van der Waals surface area (Å²) in [5.41, 5.74) is 1.81. The van der Waals surface area contributed by atoms with Crippen LogP contribution in [0.25, 0.3) is 0 Å². The maximum absolute atomic E-state index is 6.14. The van der Waals surface area contributed by atoms with Crippen molar-refractivity contribution in [1.82, 2.24) is 9.97 Å². The summed E-state index contributed by atoms with van der Waals surface area (Å²) < 4.78 is 5.39. The molecule has 1 aromatic carbocycles. The van der Waals surface area contributed by atoms with E-state index in [1.807, 2.05) is 19.1 Å². The van der Waals surface area contributed by atoms with E-state index in [0.29, 0.717) is 22.8 Å². The summed E-state index contributed by atoms with van der Waals surface area (Å²) in [6.07, 6.45) is 6.67. The summed E-state index contributed by atoms with van der Waals surface area (Å²) in [5, 5.41) is 7.36. The van der Waals surface area contributed by atoms with Crippen molar-refractivity contribution in [2.45, 2.75) is 38.6 Å². The Hall–Kier alpha value is -2.01. The number of anilines is 3. The van der Waals surface area contributed by atoms with Gasteiger partial charge in [0.2, 0.25) is 5.95 Å². The van der Waals surface area contributed by atoms with Crippen LogP contribution in [-0.4, -0.2) is 23.1 Å². The molecule has 1 saturated carbocycles. The van der Waals surface area contributed by atoms with E-state index in [1.165, 1.54) is 25.7 Å². The first-order valence-corrected chi connectivity index (χ1v) is 8.24. The van der Waals surface area contributed by atoms with Crippen molar-refractivity contribution in [2.24, 2.45) is 0 Å². The molecule has 1 heterocycles. The van der Waals surface area contributed by atoms with Crippen LogP contribution in [0.3, 0.4) is 0 Å². The molecule has 2 aromatic rings. The average molecular weight is 333 g/mol. The second-order valence-electron chi connectivity index (χ2n) is 5.82. The van der Waals surface area contributed by atoms with Gasteiger partial charge in [-0.1, -0.05) is 24.4 Å². The third-order valence-electron chi connectivity index (χ3n) is 4.09. The van der Waals surface area contributed by atoms with Gasteiger partial charge in [-0.15, -0.1) is 0 Å². The van der Waals surface area contributed by atoms with Crippen molar-refractivity contribution in [3.63, 3.8) is 0 Å². The number of hydrogen-bond donors (Lipinski definition) is 2. The molecular weight excluding hydrogens is 312 g/mol. The molecule has 0 radical (unpaired) electrons. The Morgan fingerprint density at radius 3 is 2.78 bits per heavy atom. The fraction of sp³-hybridized carbons (Fsp3) is 0.412. The monoisotopic (exact) mass is 332 g/mol. The van der Waals surface area contributed by atoms with E-state index in [-0.39, 0.29) is 0 Å². The van der Waals surface area contributed by atoms with Crippen molar-refractivity contribution in [3.8, 4) is 5.75 Å². The molecule has 0 saturated heterocycles. The number of methoxy groups -OCH3 is 1. The smallest absolute Gasteiger partial charge is 0.224 e. The van der Waals surface area contributed by atoms with Gasteiger partial charge in [-0.3, -0.25) is 0 Å². The molecule has 1 aliphatic carbocycles. The van der Waals surface area contributed by atoms with Crippen LogP contribution in [0, 0.1) is 6.92 Å². The van der Waals surface area contributed by atoms with E-state index >= 15 is 0 Å². The van der Waals surface area contributed by atoms with Gasteiger partial charge in [0.25, 0.3) is 0 Å². The molecule has 23 heavy (non-hydrogen) atoms. The summed E-state index contributed by atoms with van der Waals surface area (Å²) in [7, 11) is 1.62. The standard InChI is InChI=1S/C17H21ClN4O/c1-11-9-14(15(23-2)10-13(11)18)21-16-7-8-19-17(22-16)20-12-5-3-4-6-12/h7-10,12H,3-6H2,1-2H3,(H2,19,20,21,22). The number of aromatic nitrogens is 2. The highest BCUT2D eigenvalue weighted by Crippen LogP contribution is 2.32. The number of nitrogens with zero attached hydrogens (tertiary/aromatic N) is 2. The topological polar surface area (TPSA) is 59.1 Å². The molecule has 0 aliphatic heterocycles. The van der Waals surface area contributed by atoms with Crippen molar-refractivity contribution in [2.75, 3.05) is 17.7 Å². The lowest BCUT2D eigenvalue weighted by atomic mass is 10.2. The Morgan fingerprint density at radius 2 is 2.04 bits per heavy atom. The summed E-state index contributed by atoms with van der Waals surface area (Å²) >= 11 is 6.14. The minimum atomic E-state index is 0.484. The molecule has 5 nitrogen and oxygen atoms in total. The Balaban J connectivity index is 1.78. The summed E-state index contributed by atoms with van der Waals surface area (Å²) in [5.74, 6) is 2.07. The number of ether oxygens (including phenoxy) is 1. The fourth-order valence-electron chi connectivity index (χ4n) is 2.82. The van der Waals surface area contributed by atoms with Crippen LogP contribution in [0.15, 0.2) is 24.4 Å². The zero-order valence-electron chi connectivity index (χ0n) is 13.4. The molecular formula is C17H21ClN4O. The van der Waals surface area contributed by atoms with Gasteiger partial charge in [-0.05, 0) is 37.5 Å². The van der Waals surface area contributed by atoms with Crippen LogP contribution in [0.5, 0.6) is 5.75 Å². The summed E-state index contributed by atoms with van der Waals surface area (Å²) in [6, 6.07) is 6.08. The third-order valence-corrected chi connectivity index (χ3v) is 4.49. The Bertz CT molecular complexity index is 686. The van der Waals surface area contributed by atoms with Gasteiger partial charge in [-0.25, -0.2) is 4.98 Å². The molecule has 122 valence electrons. The molecule has 0 bridgehead atoms. The zero-order valence-corrected chi connectivity index (χ0v) is 14.2. The first-order chi connectivity index (χ1) is 11.2. The molecule has 0 amide bonds. The first-order valence-electron chi connectivity index (χ1n) is 7.86. The van der Waals surface area contributed by atoms with Crippen LogP contribution < -0.4 is 15.4 Å². The molecule has 0 spiro atoms. The Labute approximate surface area is 141 Å².